The van der Waals surface area contributed by atoms with E-state index in [-0.39, 0.29) is 0 Å². The third kappa shape index (κ3) is 3.99. The molecule has 2 nitrogen and oxygen atoms in total. The minimum absolute atomic E-state index is 0.908. The molecular formula is C48H29NOS2. The average Bonchev–Trinajstić information content (AvgIpc) is 3.96. The molecule has 52 heavy (non-hydrogen) atoms. The van der Waals surface area contributed by atoms with E-state index in [1.165, 1.54) is 89.5 Å². The Morgan fingerprint density at radius 3 is 2.12 bits per heavy atom. The van der Waals surface area contributed by atoms with Crippen LogP contribution >= 0.6 is 22.7 Å². The fourth-order valence-corrected chi connectivity index (χ4v) is 11.1. The van der Waals surface area contributed by atoms with Gasteiger partial charge in [-0.05, 0) is 94.9 Å². The molecule has 0 atom stereocenters. The van der Waals surface area contributed by atoms with Gasteiger partial charge in [-0.25, -0.2) is 0 Å². The van der Waals surface area contributed by atoms with Gasteiger partial charge in [0, 0.05) is 56.3 Å². The Kier molecular flexibility index (Phi) is 5.96. The molecule has 0 bridgehead atoms. The number of furan rings is 1. The molecule has 0 saturated carbocycles. The summed E-state index contributed by atoms with van der Waals surface area (Å²) in [6.45, 7) is 0. The molecule has 0 fully saturated rings. The third-order valence-corrected chi connectivity index (χ3v) is 13.4. The molecule has 7 aromatic carbocycles. The van der Waals surface area contributed by atoms with Crippen LogP contribution in [0.2, 0.25) is 0 Å². The van der Waals surface area contributed by atoms with Gasteiger partial charge in [0.1, 0.15) is 5.58 Å². The molecule has 4 heterocycles. The molecule has 12 rings (SSSR count). The lowest BCUT2D eigenvalue weighted by Crippen LogP contribution is -2.21. The van der Waals surface area contributed by atoms with Gasteiger partial charge in [0.25, 0.3) is 0 Å². The fourth-order valence-electron chi connectivity index (χ4n) is 8.76. The topological polar surface area (TPSA) is 18.1 Å². The van der Waals surface area contributed by atoms with Crippen molar-refractivity contribution in [2.45, 2.75) is 12.8 Å². The number of hydrogen-bond donors (Lipinski definition) is 0. The Balaban J connectivity index is 1.08. The van der Waals surface area contributed by atoms with Crippen LogP contribution in [0.5, 0.6) is 0 Å². The number of benzene rings is 7. The highest BCUT2D eigenvalue weighted by atomic mass is 32.1. The molecule has 4 heteroatoms. The van der Waals surface area contributed by atoms with E-state index in [4.69, 9.17) is 4.42 Å². The molecule has 4 aromatic heterocycles. The van der Waals surface area contributed by atoms with E-state index in [1.54, 1.807) is 0 Å². The highest BCUT2D eigenvalue weighted by Crippen LogP contribution is 2.43. The Morgan fingerprint density at radius 1 is 0.481 bits per heavy atom. The van der Waals surface area contributed by atoms with Gasteiger partial charge in [0.05, 0.1) is 16.7 Å². The third-order valence-electron chi connectivity index (χ3n) is 11.0. The molecular weight excluding hydrogens is 671 g/mol. The first kappa shape index (κ1) is 28.7. The number of aromatic nitrogens is 1. The minimum Gasteiger partial charge on any atom is -0.454 e. The second-order valence-corrected chi connectivity index (χ2v) is 16.0. The van der Waals surface area contributed by atoms with Crippen LogP contribution in [0.25, 0.3) is 114 Å². The zero-order valence-corrected chi connectivity index (χ0v) is 29.7. The standard InChI is InChI=1S/C48H29NOS2/c1-4-16-38-30(10-1)36-26-28(29-23-25-44-37(27-29)31-11-2-5-19-42(31)51-44)22-24-39(36)49(38)40-17-7-15-35-46-32(13-8-18-41(46)50-48(35)40)33-14-9-21-45-47(33)34-12-3-6-20-43(34)52-45/h1-2,4-5,7-27H,3,6H2. The largest absolute Gasteiger partial charge is 0.454 e. The van der Waals surface area contributed by atoms with Gasteiger partial charge in [-0.1, -0.05) is 97.1 Å². The van der Waals surface area contributed by atoms with Crippen molar-refractivity contribution in [1.82, 2.24) is 4.57 Å². The summed E-state index contributed by atoms with van der Waals surface area (Å²) in [5.74, 6) is 0. The van der Waals surface area contributed by atoms with E-state index in [0.29, 0.717) is 0 Å². The van der Waals surface area contributed by atoms with Crippen LogP contribution in [-0.2, 0) is 0 Å². The van der Waals surface area contributed by atoms with E-state index in [9.17, 15) is 0 Å². The molecule has 0 saturated heterocycles. The summed E-state index contributed by atoms with van der Waals surface area (Å²) in [6.07, 6.45) is 7.05. The molecule has 1 aliphatic rings. The van der Waals surface area contributed by atoms with Crippen LogP contribution in [0.15, 0.2) is 144 Å². The van der Waals surface area contributed by atoms with Crippen LogP contribution in [0.4, 0.5) is 0 Å². The number of rotatable bonds is 3. The van der Waals surface area contributed by atoms with Crippen LogP contribution < -0.4 is 9.75 Å². The van der Waals surface area contributed by atoms with E-state index in [2.05, 4.69) is 156 Å². The molecule has 0 aliphatic heterocycles. The lowest BCUT2D eigenvalue weighted by atomic mass is 9.95. The zero-order valence-electron chi connectivity index (χ0n) is 28.0. The van der Waals surface area contributed by atoms with Crippen molar-refractivity contribution in [2.75, 3.05) is 0 Å². The quantitative estimate of drug-likeness (QED) is 0.180. The summed E-state index contributed by atoms with van der Waals surface area (Å²) < 4.78 is 14.7. The predicted octanol–water partition coefficient (Wildman–Crippen LogP) is 13.0. The molecule has 244 valence electrons. The molecule has 11 aromatic rings. The van der Waals surface area contributed by atoms with Crippen molar-refractivity contribution in [3.63, 3.8) is 0 Å². The smallest absolute Gasteiger partial charge is 0.159 e. The second kappa shape index (κ2) is 10.8. The summed E-state index contributed by atoms with van der Waals surface area (Å²) in [5.41, 5.74) is 10.2. The maximum absolute atomic E-state index is 6.90. The van der Waals surface area contributed by atoms with Crippen molar-refractivity contribution >= 4 is 109 Å². The van der Waals surface area contributed by atoms with Crippen LogP contribution in [0.3, 0.4) is 0 Å². The van der Waals surface area contributed by atoms with Gasteiger partial charge >= 0.3 is 0 Å². The number of para-hydroxylation sites is 2. The number of hydrogen-bond acceptors (Lipinski definition) is 3. The Labute approximate surface area is 306 Å². The Hall–Kier alpha value is -5.94. The fraction of sp³-hybridized carbons (Fsp3) is 0.0417. The van der Waals surface area contributed by atoms with E-state index >= 15 is 0 Å². The van der Waals surface area contributed by atoms with Gasteiger partial charge in [0.15, 0.2) is 5.58 Å². The lowest BCUT2D eigenvalue weighted by Gasteiger charge is -2.10. The summed E-state index contributed by atoms with van der Waals surface area (Å²) in [4.78, 5) is 0. The number of thiophene rings is 2. The zero-order chi connectivity index (χ0) is 33.9. The maximum Gasteiger partial charge on any atom is 0.159 e. The first-order valence-electron chi connectivity index (χ1n) is 17.9. The molecule has 1 aliphatic carbocycles. The average molecular weight is 700 g/mol. The van der Waals surface area contributed by atoms with Crippen LogP contribution in [0, 0.1) is 0 Å². The van der Waals surface area contributed by atoms with E-state index in [1.807, 2.05) is 22.7 Å². The molecule has 0 amide bonds. The highest BCUT2D eigenvalue weighted by molar-refractivity contribution is 7.25. The van der Waals surface area contributed by atoms with Crippen molar-refractivity contribution in [1.29, 1.82) is 0 Å². The summed E-state index contributed by atoms with van der Waals surface area (Å²) >= 11 is 3.77. The van der Waals surface area contributed by atoms with Gasteiger partial charge in [-0.2, -0.15) is 0 Å². The molecule has 0 unspecified atom stereocenters. The van der Waals surface area contributed by atoms with Crippen LogP contribution in [-0.4, -0.2) is 4.57 Å². The van der Waals surface area contributed by atoms with Crippen molar-refractivity contribution in [3.05, 3.63) is 149 Å². The highest BCUT2D eigenvalue weighted by Gasteiger charge is 2.21. The molecule has 0 N–H and O–H groups in total. The van der Waals surface area contributed by atoms with E-state index in [0.717, 1.165) is 35.1 Å². The van der Waals surface area contributed by atoms with Crippen molar-refractivity contribution in [2.24, 2.45) is 0 Å². The Bertz CT molecular complexity index is 3420. The normalized spacial score (nSPS) is 13.2. The summed E-state index contributed by atoms with van der Waals surface area (Å²) in [7, 11) is 0. The van der Waals surface area contributed by atoms with Gasteiger partial charge in [-0.3, -0.25) is 0 Å². The molecule has 0 spiro atoms. The molecule has 0 radical (unpaired) electrons. The van der Waals surface area contributed by atoms with Gasteiger partial charge < -0.3 is 8.98 Å². The Morgan fingerprint density at radius 2 is 1.17 bits per heavy atom. The monoisotopic (exact) mass is 699 g/mol. The summed E-state index contributed by atoms with van der Waals surface area (Å²) in [6, 6.07) is 51.3. The first-order chi connectivity index (χ1) is 25.8. The van der Waals surface area contributed by atoms with Crippen molar-refractivity contribution in [3.8, 4) is 27.9 Å². The van der Waals surface area contributed by atoms with E-state index < -0.39 is 0 Å². The van der Waals surface area contributed by atoms with Crippen molar-refractivity contribution < 1.29 is 4.42 Å². The number of fused-ring (bicyclic) bond motifs is 12. The SMILES string of the molecule is C1=c2sc3cccc(-c4cccc5oc6c(-n7c8ccccc8c8cc(-c9ccc%10sc%11ccccc%11c%10c9)ccc87)cccc6c45)c3c2=CCC1. The maximum atomic E-state index is 6.90. The van der Waals surface area contributed by atoms with Crippen LogP contribution in [0.1, 0.15) is 12.8 Å². The lowest BCUT2D eigenvalue weighted by molar-refractivity contribution is 0.666. The number of nitrogens with zero attached hydrogens (tertiary/aromatic N) is 1. The van der Waals surface area contributed by atoms with Gasteiger partial charge in [-0.15, -0.1) is 22.7 Å². The minimum atomic E-state index is 0.908. The predicted molar refractivity (Wildman–Crippen MR) is 225 cm³/mol. The summed E-state index contributed by atoms with van der Waals surface area (Å²) in [5, 5.41) is 10.2. The first-order valence-corrected chi connectivity index (χ1v) is 19.5. The van der Waals surface area contributed by atoms with Gasteiger partial charge in [0.2, 0.25) is 0 Å². The second-order valence-electron chi connectivity index (χ2n) is 13.9.